The van der Waals surface area contributed by atoms with Gasteiger partial charge in [-0.3, -0.25) is 4.79 Å². The standard InChI is InChI=1S/C18H21BrClN3O3/c1-2-26-17-14(19)11-13(20)12-15(17)22-18(25)21-8-4-6-10-23-9-5-3-7-16(23)24/h3,5,7,9,11-12H,2,4,6,8,10H2,1H3,(H2,21,22,25). The molecule has 1 aromatic carbocycles. The van der Waals surface area contributed by atoms with E-state index in [4.69, 9.17) is 16.3 Å². The monoisotopic (exact) mass is 441 g/mol. The first kappa shape index (κ1) is 20.3. The van der Waals surface area contributed by atoms with Gasteiger partial charge in [0.15, 0.2) is 5.75 Å². The number of urea groups is 1. The van der Waals surface area contributed by atoms with Crippen molar-refractivity contribution < 1.29 is 9.53 Å². The Morgan fingerprint density at radius 1 is 1.31 bits per heavy atom. The number of carbonyl (C=O) groups is 1. The zero-order valence-corrected chi connectivity index (χ0v) is 16.8. The molecule has 0 unspecified atom stereocenters. The van der Waals surface area contributed by atoms with E-state index in [0.29, 0.717) is 40.6 Å². The van der Waals surface area contributed by atoms with E-state index < -0.39 is 0 Å². The van der Waals surface area contributed by atoms with Crippen LogP contribution >= 0.6 is 27.5 Å². The summed E-state index contributed by atoms with van der Waals surface area (Å²) in [4.78, 5) is 23.7. The highest BCUT2D eigenvalue weighted by Gasteiger charge is 2.12. The van der Waals surface area contributed by atoms with Crippen molar-refractivity contribution in [3.05, 3.63) is 56.4 Å². The molecule has 0 aliphatic carbocycles. The molecule has 1 heterocycles. The number of carbonyl (C=O) groups excluding carboxylic acids is 1. The Morgan fingerprint density at radius 3 is 2.85 bits per heavy atom. The summed E-state index contributed by atoms with van der Waals surface area (Å²) in [7, 11) is 0. The summed E-state index contributed by atoms with van der Waals surface area (Å²) in [5.41, 5.74) is 0.479. The predicted octanol–water partition coefficient (Wildman–Crippen LogP) is 4.26. The number of nitrogens with zero attached hydrogens (tertiary/aromatic N) is 1. The SMILES string of the molecule is CCOc1c(Br)cc(Cl)cc1NC(=O)NCCCCn1ccccc1=O. The second-order valence-electron chi connectivity index (χ2n) is 5.52. The summed E-state index contributed by atoms with van der Waals surface area (Å²) < 4.78 is 7.87. The highest BCUT2D eigenvalue weighted by molar-refractivity contribution is 9.10. The van der Waals surface area contributed by atoms with Gasteiger partial charge in [0.1, 0.15) is 0 Å². The summed E-state index contributed by atoms with van der Waals surface area (Å²) >= 11 is 9.42. The van der Waals surface area contributed by atoms with Gasteiger partial charge in [-0.05, 0) is 53.9 Å². The molecule has 2 N–H and O–H groups in total. The minimum absolute atomic E-state index is 0.0202. The second-order valence-corrected chi connectivity index (χ2v) is 6.81. The van der Waals surface area contributed by atoms with E-state index in [1.165, 1.54) is 6.07 Å². The lowest BCUT2D eigenvalue weighted by Gasteiger charge is -2.14. The first-order valence-electron chi connectivity index (χ1n) is 8.33. The molecule has 0 bridgehead atoms. The Morgan fingerprint density at radius 2 is 2.12 bits per heavy atom. The zero-order chi connectivity index (χ0) is 18.9. The highest BCUT2D eigenvalue weighted by Crippen LogP contribution is 2.36. The lowest BCUT2D eigenvalue weighted by molar-refractivity contribution is 0.251. The molecule has 6 nitrogen and oxygen atoms in total. The molecule has 2 amide bonds. The normalized spacial score (nSPS) is 10.4. The van der Waals surface area contributed by atoms with Crippen molar-refractivity contribution in [2.45, 2.75) is 26.3 Å². The molecule has 1 aromatic heterocycles. The molecule has 0 fully saturated rings. The Hall–Kier alpha value is -1.99. The van der Waals surface area contributed by atoms with Gasteiger partial charge in [-0.2, -0.15) is 0 Å². The van der Waals surface area contributed by atoms with Gasteiger partial charge in [-0.1, -0.05) is 17.7 Å². The minimum atomic E-state index is -0.336. The molecule has 0 aliphatic heterocycles. The van der Waals surface area contributed by atoms with Crippen LogP contribution in [0.5, 0.6) is 5.75 Å². The lowest BCUT2D eigenvalue weighted by Crippen LogP contribution is -2.30. The van der Waals surface area contributed by atoms with Crippen LogP contribution in [0.2, 0.25) is 5.02 Å². The van der Waals surface area contributed by atoms with Gasteiger partial charge in [0.25, 0.3) is 0 Å². The molecule has 0 aliphatic rings. The smallest absolute Gasteiger partial charge is 0.319 e. The van der Waals surface area contributed by atoms with Crippen molar-refractivity contribution in [3.8, 4) is 5.75 Å². The number of amides is 2. The van der Waals surface area contributed by atoms with Gasteiger partial charge in [-0.25, -0.2) is 4.79 Å². The van der Waals surface area contributed by atoms with Gasteiger partial charge < -0.3 is 19.9 Å². The lowest BCUT2D eigenvalue weighted by atomic mass is 10.3. The average Bonchev–Trinajstić information content (AvgIpc) is 2.59. The van der Waals surface area contributed by atoms with Gasteiger partial charge in [0.05, 0.1) is 16.8 Å². The van der Waals surface area contributed by atoms with Crippen LogP contribution in [0.3, 0.4) is 0 Å². The number of aryl methyl sites for hydroxylation is 1. The maximum atomic E-state index is 12.1. The third-order valence-electron chi connectivity index (χ3n) is 3.56. The van der Waals surface area contributed by atoms with Gasteiger partial charge in [-0.15, -0.1) is 0 Å². The van der Waals surface area contributed by atoms with Crippen LogP contribution in [0.15, 0.2) is 45.8 Å². The Bertz CT molecular complexity index is 811. The maximum Gasteiger partial charge on any atom is 0.319 e. The zero-order valence-electron chi connectivity index (χ0n) is 14.4. The molecule has 2 rings (SSSR count). The molecule has 0 saturated carbocycles. The number of hydrogen-bond acceptors (Lipinski definition) is 3. The average molecular weight is 443 g/mol. The van der Waals surface area contributed by atoms with E-state index in [0.717, 1.165) is 12.8 Å². The molecule has 2 aromatic rings. The van der Waals surface area contributed by atoms with Gasteiger partial charge in [0, 0.05) is 30.4 Å². The second kappa shape index (κ2) is 10.2. The highest BCUT2D eigenvalue weighted by atomic mass is 79.9. The van der Waals surface area contributed by atoms with E-state index in [-0.39, 0.29) is 11.6 Å². The van der Waals surface area contributed by atoms with Crippen LogP contribution in [0.4, 0.5) is 10.5 Å². The first-order valence-corrected chi connectivity index (χ1v) is 9.50. The van der Waals surface area contributed by atoms with Crippen molar-refractivity contribution in [2.75, 3.05) is 18.5 Å². The quantitative estimate of drug-likeness (QED) is 0.600. The molecule has 0 atom stereocenters. The largest absolute Gasteiger partial charge is 0.491 e. The number of nitrogens with one attached hydrogen (secondary N) is 2. The molecule has 26 heavy (non-hydrogen) atoms. The summed E-state index contributed by atoms with van der Waals surface area (Å²) in [6.45, 7) is 3.45. The van der Waals surface area contributed by atoms with Crippen LogP contribution in [-0.4, -0.2) is 23.7 Å². The molecular formula is C18H21BrClN3O3. The number of ether oxygens (including phenoxy) is 1. The molecular weight excluding hydrogens is 422 g/mol. The third kappa shape index (κ3) is 6.07. The maximum absolute atomic E-state index is 12.1. The molecule has 0 saturated heterocycles. The van der Waals surface area contributed by atoms with Crippen molar-refractivity contribution in [3.63, 3.8) is 0 Å². The first-order chi connectivity index (χ1) is 12.5. The summed E-state index contributed by atoms with van der Waals surface area (Å²) in [6, 6.07) is 8.09. The number of pyridine rings is 1. The number of unbranched alkanes of at least 4 members (excludes halogenated alkanes) is 1. The van der Waals surface area contributed by atoms with Crippen molar-refractivity contribution >= 4 is 39.2 Å². The predicted molar refractivity (Wildman–Crippen MR) is 107 cm³/mol. The van der Waals surface area contributed by atoms with Crippen molar-refractivity contribution in [2.24, 2.45) is 0 Å². The number of rotatable bonds is 8. The molecule has 8 heteroatoms. The summed E-state index contributed by atoms with van der Waals surface area (Å²) in [6.07, 6.45) is 3.30. The fourth-order valence-corrected chi connectivity index (χ4v) is 3.29. The number of benzene rings is 1. The van der Waals surface area contributed by atoms with Gasteiger partial charge in [0.2, 0.25) is 5.56 Å². The minimum Gasteiger partial charge on any atom is -0.491 e. The van der Waals surface area contributed by atoms with E-state index in [9.17, 15) is 9.59 Å². The number of aromatic nitrogens is 1. The van der Waals surface area contributed by atoms with Crippen LogP contribution in [0.25, 0.3) is 0 Å². The third-order valence-corrected chi connectivity index (χ3v) is 4.36. The molecule has 0 spiro atoms. The molecule has 140 valence electrons. The van der Waals surface area contributed by atoms with E-state index >= 15 is 0 Å². The summed E-state index contributed by atoms with van der Waals surface area (Å²) in [5.74, 6) is 0.538. The fourth-order valence-electron chi connectivity index (χ4n) is 2.37. The number of halogens is 2. The Labute approximate surface area is 165 Å². The van der Waals surface area contributed by atoms with Crippen LogP contribution in [-0.2, 0) is 6.54 Å². The van der Waals surface area contributed by atoms with Crippen LogP contribution in [0.1, 0.15) is 19.8 Å². The molecule has 0 radical (unpaired) electrons. The van der Waals surface area contributed by atoms with E-state index in [1.54, 1.807) is 29.0 Å². The fraction of sp³-hybridized carbons (Fsp3) is 0.333. The van der Waals surface area contributed by atoms with Crippen molar-refractivity contribution in [1.29, 1.82) is 0 Å². The van der Waals surface area contributed by atoms with E-state index in [2.05, 4.69) is 26.6 Å². The summed E-state index contributed by atoms with van der Waals surface area (Å²) in [5, 5.41) is 6.03. The number of hydrogen-bond donors (Lipinski definition) is 2. The Kier molecular flexibility index (Phi) is 8.00. The van der Waals surface area contributed by atoms with Crippen LogP contribution < -0.4 is 20.9 Å². The topological polar surface area (TPSA) is 72.4 Å². The van der Waals surface area contributed by atoms with Crippen LogP contribution in [0, 0.1) is 0 Å². The van der Waals surface area contributed by atoms with Crippen molar-refractivity contribution in [1.82, 2.24) is 9.88 Å². The van der Waals surface area contributed by atoms with Gasteiger partial charge >= 0.3 is 6.03 Å². The van der Waals surface area contributed by atoms with E-state index in [1.807, 2.05) is 13.0 Å². The Balaban J connectivity index is 1.80. The number of anilines is 1.